The van der Waals surface area contributed by atoms with Gasteiger partial charge in [0, 0.05) is 18.5 Å². The monoisotopic (exact) mass is 153 g/mol. The van der Waals surface area contributed by atoms with Gasteiger partial charge in [-0.2, -0.15) is 0 Å². The Morgan fingerprint density at radius 3 is 2.73 bits per heavy atom. The maximum atomic E-state index is 11.2. The quantitative estimate of drug-likeness (QED) is 0.525. The van der Waals surface area contributed by atoms with Crippen LogP contribution in [0.3, 0.4) is 0 Å². The van der Waals surface area contributed by atoms with E-state index in [4.69, 9.17) is 0 Å². The molecule has 3 nitrogen and oxygen atoms in total. The molecule has 0 aliphatic carbocycles. The van der Waals surface area contributed by atoms with E-state index in [1.54, 1.807) is 0 Å². The number of piperidine rings is 1. The number of amides is 2. The largest absolute Gasteiger partial charge is 0.274 e. The van der Waals surface area contributed by atoms with E-state index in [9.17, 15) is 9.59 Å². The Kier molecular flexibility index (Phi) is 2.08. The minimum atomic E-state index is -0.136. The minimum absolute atomic E-state index is 0.0364. The molecule has 1 aliphatic heterocycles. The number of carbonyl (C=O) groups excluding carboxylic acids is 2. The molecule has 1 unspecified atom stereocenters. The van der Waals surface area contributed by atoms with E-state index in [0.29, 0.717) is 12.8 Å². The second-order valence-corrected chi connectivity index (χ2v) is 2.72. The molecular formula is C8H11NO2. The Morgan fingerprint density at radius 2 is 2.27 bits per heavy atom. The second kappa shape index (κ2) is 2.86. The number of nitrogens with zero attached hydrogens (tertiary/aromatic N) is 1. The standard InChI is InChI=1S/C8H11NO2/c1-3-9-7(10)5-4-6(2)8(9)11/h3,6H,1,4-5H2,2H3. The van der Waals surface area contributed by atoms with Crippen LogP contribution in [0.2, 0.25) is 0 Å². The first-order chi connectivity index (χ1) is 5.16. The van der Waals surface area contributed by atoms with Crippen LogP contribution in [-0.2, 0) is 9.59 Å². The molecule has 2 amide bonds. The number of carbonyl (C=O) groups is 2. The Bertz CT molecular complexity index is 210. The van der Waals surface area contributed by atoms with Crippen molar-refractivity contribution in [1.29, 1.82) is 0 Å². The van der Waals surface area contributed by atoms with Crippen LogP contribution in [0.4, 0.5) is 0 Å². The van der Waals surface area contributed by atoms with E-state index in [1.807, 2.05) is 6.92 Å². The fourth-order valence-corrected chi connectivity index (χ4v) is 1.14. The Labute approximate surface area is 65.7 Å². The first-order valence-electron chi connectivity index (χ1n) is 3.65. The molecule has 60 valence electrons. The third kappa shape index (κ3) is 1.31. The molecule has 0 aromatic rings. The summed E-state index contributed by atoms with van der Waals surface area (Å²) in [5, 5.41) is 0. The van der Waals surface area contributed by atoms with Gasteiger partial charge in [0.15, 0.2) is 0 Å². The fourth-order valence-electron chi connectivity index (χ4n) is 1.14. The van der Waals surface area contributed by atoms with Gasteiger partial charge in [0.1, 0.15) is 0 Å². The summed E-state index contributed by atoms with van der Waals surface area (Å²) in [5.41, 5.74) is 0. The molecule has 1 atom stereocenters. The van der Waals surface area contributed by atoms with Crippen LogP contribution in [0.5, 0.6) is 0 Å². The average molecular weight is 153 g/mol. The van der Waals surface area contributed by atoms with Crippen molar-refractivity contribution in [3.05, 3.63) is 12.8 Å². The highest BCUT2D eigenvalue weighted by molar-refractivity contribution is 5.99. The average Bonchev–Trinajstić information content (AvgIpc) is 1.99. The lowest BCUT2D eigenvalue weighted by atomic mass is 9.99. The molecule has 0 radical (unpaired) electrons. The zero-order chi connectivity index (χ0) is 8.43. The lowest BCUT2D eigenvalue weighted by Gasteiger charge is -2.25. The van der Waals surface area contributed by atoms with E-state index in [-0.39, 0.29) is 17.7 Å². The highest BCUT2D eigenvalue weighted by atomic mass is 16.2. The Hall–Kier alpha value is -1.12. The Morgan fingerprint density at radius 1 is 1.64 bits per heavy atom. The predicted octanol–water partition coefficient (Wildman–Crippen LogP) is 0.915. The van der Waals surface area contributed by atoms with Crippen molar-refractivity contribution in [3.63, 3.8) is 0 Å². The first-order valence-corrected chi connectivity index (χ1v) is 3.65. The molecule has 11 heavy (non-hydrogen) atoms. The maximum Gasteiger partial charge on any atom is 0.236 e. The van der Waals surface area contributed by atoms with E-state index in [1.165, 1.54) is 6.20 Å². The van der Waals surface area contributed by atoms with Gasteiger partial charge in [-0.05, 0) is 6.42 Å². The van der Waals surface area contributed by atoms with Crippen molar-refractivity contribution in [2.75, 3.05) is 0 Å². The molecule has 0 saturated carbocycles. The summed E-state index contributed by atoms with van der Waals surface area (Å²) >= 11 is 0. The maximum absolute atomic E-state index is 11.2. The first kappa shape index (κ1) is 7.98. The van der Waals surface area contributed by atoms with Gasteiger partial charge >= 0.3 is 0 Å². The van der Waals surface area contributed by atoms with Crippen molar-refractivity contribution < 1.29 is 9.59 Å². The van der Waals surface area contributed by atoms with E-state index < -0.39 is 0 Å². The summed E-state index contributed by atoms with van der Waals surface area (Å²) in [4.78, 5) is 23.3. The highest BCUT2D eigenvalue weighted by Gasteiger charge is 2.29. The van der Waals surface area contributed by atoms with Gasteiger partial charge in [0.2, 0.25) is 11.8 Å². The Balaban J connectivity index is 2.79. The van der Waals surface area contributed by atoms with E-state index in [0.717, 1.165) is 4.90 Å². The molecule has 0 aromatic heterocycles. The zero-order valence-electron chi connectivity index (χ0n) is 6.54. The van der Waals surface area contributed by atoms with Crippen LogP contribution in [0, 0.1) is 5.92 Å². The molecule has 0 spiro atoms. The molecule has 0 N–H and O–H groups in total. The lowest BCUT2D eigenvalue weighted by molar-refractivity contribution is -0.147. The van der Waals surface area contributed by atoms with Gasteiger partial charge in [-0.25, -0.2) is 0 Å². The molecule has 1 heterocycles. The topological polar surface area (TPSA) is 37.4 Å². The normalized spacial score (nSPS) is 25.5. The van der Waals surface area contributed by atoms with Gasteiger partial charge < -0.3 is 0 Å². The highest BCUT2D eigenvalue weighted by Crippen LogP contribution is 2.17. The molecular weight excluding hydrogens is 142 g/mol. The van der Waals surface area contributed by atoms with Gasteiger partial charge in [-0.15, -0.1) is 0 Å². The van der Waals surface area contributed by atoms with Crippen LogP contribution >= 0.6 is 0 Å². The molecule has 0 aromatic carbocycles. The number of likely N-dealkylation sites (tertiary alicyclic amines) is 1. The van der Waals surface area contributed by atoms with Crippen LogP contribution < -0.4 is 0 Å². The van der Waals surface area contributed by atoms with Crippen LogP contribution in [0.15, 0.2) is 12.8 Å². The summed E-state index contributed by atoms with van der Waals surface area (Å²) in [5.74, 6) is -0.301. The number of rotatable bonds is 1. The molecule has 1 fully saturated rings. The summed E-state index contributed by atoms with van der Waals surface area (Å²) in [7, 11) is 0. The molecule has 0 bridgehead atoms. The summed E-state index contributed by atoms with van der Waals surface area (Å²) in [6.07, 6.45) is 2.42. The third-order valence-corrected chi connectivity index (χ3v) is 1.90. The summed E-state index contributed by atoms with van der Waals surface area (Å²) in [6, 6.07) is 0. The van der Waals surface area contributed by atoms with Crippen molar-refractivity contribution in [2.45, 2.75) is 19.8 Å². The van der Waals surface area contributed by atoms with E-state index in [2.05, 4.69) is 6.58 Å². The fraction of sp³-hybridized carbons (Fsp3) is 0.500. The zero-order valence-corrected chi connectivity index (χ0v) is 6.54. The predicted molar refractivity (Wildman–Crippen MR) is 40.4 cm³/mol. The van der Waals surface area contributed by atoms with E-state index >= 15 is 0 Å². The smallest absolute Gasteiger partial charge is 0.236 e. The van der Waals surface area contributed by atoms with Gasteiger partial charge in [-0.1, -0.05) is 13.5 Å². The lowest BCUT2D eigenvalue weighted by Crippen LogP contribution is -2.40. The van der Waals surface area contributed by atoms with Gasteiger partial charge in [-0.3, -0.25) is 14.5 Å². The number of hydrogen-bond acceptors (Lipinski definition) is 2. The van der Waals surface area contributed by atoms with Crippen molar-refractivity contribution in [1.82, 2.24) is 4.90 Å². The van der Waals surface area contributed by atoms with Crippen LogP contribution in [-0.4, -0.2) is 16.7 Å². The third-order valence-electron chi connectivity index (χ3n) is 1.90. The molecule has 3 heteroatoms. The summed E-state index contributed by atoms with van der Waals surface area (Å²) < 4.78 is 0. The van der Waals surface area contributed by atoms with Crippen LogP contribution in [0.1, 0.15) is 19.8 Å². The molecule has 1 saturated heterocycles. The number of imide groups is 1. The second-order valence-electron chi connectivity index (χ2n) is 2.72. The van der Waals surface area contributed by atoms with Crippen LogP contribution in [0.25, 0.3) is 0 Å². The molecule has 1 aliphatic rings. The van der Waals surface area contributed by atoms with Crippen molar-refractivity contribution in [3.8, 4) is 0 Å². The SMILES string of the molecule is C=CN1C(=O)CCC(C)C1=O. The molecule has 1 rings (SSSR count). The number of hydrogen-bond donors (Lipinski definition) is 0. The van der Waals surface area contributed by atoms with Crippen molar-refractivity contribution in [2.24, 2.45) is 5.92 Å². The summed E-state index contributed by atoms with van der Waals surface area (Å²) in [6.45, 7) is 5.23. The van der Waals surface area contributed by atoms with Gasteiger partial charge in [0.05, 0.1) is 0 Å². The van der Waals surface area contributed by atoms with Crippen molar-refractivity contribution >= 4 is 11.8 Å². The minimum Gasteiger partial charge on any atom is -0.274 e. The van der Waals surface area contributed by atoms with Gasteiger partial charge in [0.25, 0.3) is 0 Å².